The zero-order valence-electron chi connectivity index (χ0n) is 16.0. The molecule has 1 amide bonds. The molecule has 0 aliphatic heterocycles. The van der Waals surface area contributed by atoms with Crippen molar-refractivity contribution in [2.45, 2.75) is 6.42 Å². The molecule has 0 radical (unpaired) electrons. The average molecular weight is 382 g/mol. The van der Waals surface area contributed by atoms with Crippen molar-refractivity contribution in [3.8, 4) is 28.6 Å². The highest BCUT2D eigenvalue weighted by molar-refractivity contribution is 5.93. The van der Waals surface area contributed by atoms with Gasteiger partial charge in [-0.05, 0) is 42.3 Å². The summed E-state index contributed by atoms with van der Waals surface area (Å²) in [6.45, 7) is 0.490. The van der Waals surface area contributed by atoms with Gasteiger partial charge in [-0.3, -0.25) is 4.79 Å². The van der Waals surface area contributed by atoms with Gasteiger partial charge in [-0.15, -0.1) is 0 Å². The van der Waals surface area contributed by atoms with Gasteiger partial charge < -0.3 is 24.1 Å². The molecule has 146 valence electrons. The Balaban J connectivity index is 1.60. The van der Waals surface area contributed by atoms with Crippen LogP contribution < -0.4 is 19.5 Å². The van der Waals surface area contributed by atoms with E-state index in [1.807, 2.05) is 30.3 Å². The third kappa shape index (κ3) is 4.43. The average Bonchev–Trinajstić information content (AvgIpc) is 3.24. The van der Waals surface area contributed by atoms with Crippen molar-refractivity contribution in [1.82, 2.24) is 10.5 Å². The topological polar surface area (TPSA) is 82.8 Å². The fourth-order valence-electron chi connectivity index (χ4n) is 2.71. The van der Waals surface area contributed by atoms with E-state index in [-0.39, 0.29) is 11.6 Å². The highest BCUT2D eigenvalue weighted by Crippen LogP contribution is 2.32. The van der Waals surface area contributed by atoms with Gasteiger partial charge in [-0.2, -0.15) is 0 Å². The van der Waals surface area contributed by atoms with Gasteiger partial charge >= 0.3 is 0 Å². The summed E-state index contributed by atoms with van der Waals surface area (Å²) in [7, 11) is 4.76. The molecule has 0 unspecified atom stereocenters. The van der Waals surface area contributed by atoms with Crippen LogP contribution in [0.1, 0.15) is 16.1 Å². The van der Waals surface area contributed by atoms with E-state index in [1.54, 1.807) is 39.5 Å². The van der Waals surface area contributed by atoms with Gasteiger partial charge in [-0.1, -0.05) is 17.3 Å². The summed E-state index contributed by atoms with van der Waals surface area (Å²) in [6.07, 6.45) is 0.704. The molecule has 7 nitrogen and oxygen atoms in total. The second-order valence-electron chi connectivity index (χ2n) is 6.00. The van der Waals surface area contributed by atoms with Crippen LogP contribution in [0.15, 0.2) is 53.1 Å². The monoisotopic (exact) mass is 382 g/mol. The van der Waals surface area contributed by atoms with E-state index in [4.69, 9.17) is 18.7 Å². The first-order chi connectivity index (χ1) is 13.6. The Morgan fingerprint density at radius 2 is 1.71 bits per heavy atom. The molecular weight excluding hydrogens is 360 g/mol. The summed E-state index contributed by atoms with van der Waals surface area (Å²) in [5.41, 5.74) is 2.06. The van der Waals surface area contributed by atoms with E-state index in [0.29, 0.717) is 30.2 Å². The van der Waals surface area contributed by atoms with E-state index in [2.05, 4.69) is 10.5 Å². The Bertz CT molecular complexity index is 934. The molecular formula is C21H22N2O5. The number of aromatic nitrogens is 1. The smallest absolute Gasteiger partial charge is 0.273 e. The number of benzene rings is 2. The third-order valence-corrected chi connectivity index (χ3v) is 4.27. The molecule has 3 rings (SSSR count). The molecule has 0 atom stereocenters. The number of ether oxygens (including phenoxy) is 3. The fourth-order valence-corrected chi connectivity index (χ4v) is 2.71. The summed E-state index contributed by atoms with van der Waals surface area (Å²) in [5.74, 6) is 2.17. The molecule has 1 N–H and O–H groups in total. The van der Waals surface area contributed by atoms with Crippen molar-refractivity contribution in [2.75, 3.05) is 27.9 Å². The van der Waals surface area contributed by atoms with Crippen molar-refractivity contribution in [3.05, 3.63) is 59.8 Å². The zero-order valence-corrected chi connectivity index (χ0v) is 16.0. The molecule has 0 aliphatic rings. The van der Waals surface area contributed by atoms with Crippen LogP contribution in [0.4, 0.5) is 0 Å². The van der Waals surface area contributed by atoms with Gasteiger partial charge in [0.05, 0.1) is 21.3 Å². The number of carbonyl (C=O) groups excluding carboxylic acids is 1. The second-order valence-corrected chi connectivity index (χ2v) is 6.00. The lowest BCUT2D eigenvalue weighted by atomic mass is 10.1. The maximum atomic E-state index is 12.3. The third-order valence-electron chi connectivity index (χ3n) is 4.27. The van der Waals surface area contributed by atoms with Crippen LogP contribution in [-0.2, 0) is 6.42 Å². The summed E-state index contributed by atoms with van der Waals surface area (Å²) < 4.78 is 21.0. The van der Waals surface area contributed by atoms with Crippen LogP contribution in [0, 0.1) is 0 Å². The van der Waals surface area contributed by atoms with Crippen molar-refractivity contribution in [2.24, 2.45) is 0 Å². The Kier molecular flexibility index (Phi) is 6.16. The quantitative estimate of drug-likeness (QED) is 0.643. The molecule has 0 spiro atoms. The predicted octanol–water partition coefficient (Wildman–Crippen LogP) is 3.34. The van der Waals surface area contributed by atoms with Gasteiger partial charge in [0.2, 0.25) is 0 Å². The number of hydrogen-bond donors (Lipinski definition) is 1. The molecule has 0 saturated carbocycles. The van der Waals surface area contributed by atoms with Crippen molar-refractivity contribution < 1.29 is 23.5 Å². The first-order valence-electron chi connectivity index (χ1n) is 8.75. The highest BCUT2D eigenvalue weighted by Gasteiger charge is 2.15. The van der Waals surface area contributed by atoms with E-state index < -0.39 is 0 Å². The van der Waals surface area contributed by atoms with Crippen molar-refractivity contribution in [3.63, 3.8) is 0 Å². The normalized spacial score (nSPS) is 10.4. The largest absolute Gasteiger partial charge is 0.497 e. The number of hydrogen-bond acceptors (Lipinski definition) is 6. The van der Waals surface area contributed by atoms with Crippen molar-refractivity contribution in [1.29, 1.82) is 0 Å². The maximum Gasteiger partial charge on any atom is 0.273 e. The van der Waals surface area contributed by atoms with Crippen LogP contribution in [0.25, 0.3) is 11.3 Å². The van der Waals surface area contributed by atoms with Crippen LogP contribution >= 0.6 is 0 Å². The lowest BCUT2D eigenvalue weighted by molar-refractivity contribution is 0.0945. The number of amides is 1. The fraction of sp³-hybridized carbons (Fsp3) is 0.238. The molecule has 0 fully saturated rings. The summed E-state index contributed by atoms with van der Waals surface area (Å²) in [5, 5.41) is 6.71. The molecule has 0 bridgehead atoms. The van der Waals surface area contributed by atoms with Crippen molar-refractivity contribution >= 4 is 5.91 Å². The summed E-state index contributed by atoms with van der Waals surface area (Å²) in [4.78, 5) is 12.3. The van der Waals surface area contributed by atoms with Gasteiger partial charge in [0.15, 0.2) is 23.0 Å². The highest BCUT2D eigenvalue weighted by atomic mass is 16.5. The van der Waals surface area contributed by atoms with Crippen LogP contribution in [0.3, 0.4) is 0 Å². The lowest BCUT2D eigenvalue weighted by Crippen LogP contribution is -2.25. The van der Waals surface area contributed by atoms with E-state index in [1.165, 1.54) is 0 Å². The first-order valence-corrected chi connectivity index (χ1v) is 8.75. The summed E-state index contributed by atoms with van der Waals surface area (Å²) in [6, 6.07) is 14.7. The minimum Gasteiger partial charge on any atom is -0.497 e. The molecule has 28 heavy (non-hydrogen) atoms. The molecule has 0 aliphatic carbocycles. The van der Waals surface area contributed by atoms with Crippen LogP contribution in [0.2, 0.25) is 0 Å². The predicted molar refractivity (Wildman–Crippen MR) is 104 cm³/mol. The number of methoxy groups -OCH3 is 3. The maximum absolute atomic E-state index is 12.3. The minimum absolute atomic E-state index is 0.222. The SMILES string of the molecule is COc1ccc(CCNC(=O)c2cc(-c3ccc(OC)c(OC)c3)on2)cc1. The molecule has 7 heteroatoms. The first kappa shape index (κ1) is 19.3. The van der Waals surface area contributed by atoms with Gasteiger partial charge in [-0.25, -0.2) is 0 Å². The number of nitrogens with zero attached hydrogens (tertiary/aromatic N) is 1. The lowest BCUT2D eigenvalue weighted by Gasteiger charge is -2.07. The standard InChI is InChI=1S/C21H22N2O5/c1-25-16-7-4-14(5-8-16)10-11-22-21(24)17-13-19(28-23-17)15-6-9-18(26-2)20(12-15)27-3/h4-9,12-13H,10-11H2,1-3H3,(H,22,24). The molecule has 2 aromatic carbocycles. The second kappa shape index (κ2) is 8.94. The van der Waals surface area contributed by atoms with Crippen LogP contribution in [-0.4, -0.2) is 38.9 Å². The Hall–Kier alpha value is -3.48. The molecule has 1 aromatic heterocycles. The van der Waals surface area contributed by atoms with E-state index in [0.717, 1.165) is 16.9 Å². The Morgan fingerprint density at radius 3 is 2.39 bits per heavy atom. The molecule has 0 saturated heterocycles. The van der Waals surface area contributed by atoms with E-state index >= 15 is 0 Å². The zero-order chi connectivity index (χ0) is 19.9. The van der Waals surface area contributed by atoms with E-state index in [9.17, 15) is 4.79 Å². The van der Waals surface area contributed by atoms with Gasteiger partial charge in [0.25, 0.3) is 5.91 Å². The molecule has 3 aromatic rings. The number of carbonyl (C=O) groups is 1. The minimum atomic E-state index is -0.288. The molecule has 1 heterocycles. The summed E-state index contributed by atoms with van der Waals surface area (Å²) >= 11 is 0. The Morgan fingerprint density at radius 1 is 0.964 bits per heavy atom. The Labute approximate surface area is 163 Å². The number of rotatable bonds is 8. The number of nitrogens with one attached hydrogen (secondary N) is 1. The van der Waals surface area contributed by atoms with Gasteiger partial charge in [0.1, 0.15) is 5.75 Å². The van der Waals surface area contributed by atoms with Crippen LogP contribution in [0.5, 0.6) is 17.2 Å². The van der Waals surface area contributed by atoms with Gasteiger partial charge in [0, 0.05) is 18.2 Å².